The van der Waals surface area contributed by atoms with Crippen LogP contribution >= 0.6 is 0 Å². The Kier molecular flexibility index (Phi) is 1.37. The van der Waals surface area contributed by atoms with E-state index in [2.05, 4.69) is 4.42 Å². The van der Waals surface area contributed by atoms with E-state index in [0.717, 1.165) is 5.39 Å². The van der Waals surface area contributed by atoms with E-state index >= 15 is 0 Å². The Hall–Kier alpha value is -1.77. The molecule has 1 aromatic heterocycles. The summed E-state index contributed by atoms with van der Waals surface area (Å²) in [6.45, 7) is 0. The van der Waals surface area contributed by atoms with E-state index in [1.54, 1.807) is 12.1 Å². The molecule has 0 radical (unpaired) electrons. The van der Waals surface area contributed by atoms with E-state index < -0.39 is 5.63 Å². The zero-order valence-electron chi connectivity index (χ0n) is 6.15. The molecule has 12 heavy (non-hydrogen) atoms. The number of rotatable bonds is 0. The SMILES string of the molecule is O=c1cc2cc(O)ccc2co1. The lowest BCUT2D eigenvalue weighted by Crippen LogP contribution is -1.93. The van der Waals surface area contributed by atoms with Gasteiger partial charge in [0.15, 0.2) is 0 Å². The Morgan fingerprint density at radius 2 is 2.00 bits per heavy atom. The van der Waals surface area contributed by atoms with Crippen LogP contribution in [0.5, 0.6) is 5.75 Å². The minimum Gasteiger partial charge on any atom is -0.508 e. The molecule has 2 rings (SSSR count). The second kappa shape index (κ2) is 2.37. The summed E-state index contributed by atoms with van der Waals surface area (Å²) in [7, 11) is 0. The molecule has 0 unspecified atom stereocenters. The minimum absolute atomic E-state index is 0.146. The van der Waals surface area contributed by atoms with E-state index in [0.29, 0.717) is 5.39 Å². The molecule has 0 spiro atoms. The molecule has 0 fully saturated rings. The lowest BCUT2D eigenvalue weighted by atomic mass is 10.2. The summed E-state index contributed by atoms with van der Waals surface area (Å²) in [5.41, 5.74) is -0.409. The molecule has 0 aliphatic rings. The number of phenolic OH excluding ortho intramolecular Hbond substituents is 1. The summed E-state index contributed by atoms with van der Waals surface area (Å²) in [6.07, 6.45) is 1.37. The van der Waals surface area contributed by atoms with E-state index in [9.17, 15) is 4.79 Å². The smallest absolute Gasteiger partial charge is 0.336 e. The van der Waals surface area contributed by atoms with Crippen LogP contribution in [0.4, 0.5) is 0 Å². The third-order valence-corrected chi connectivity index (χ3v) is 1.65. The molecular weight excluding hydrogens is 156 g/mol. The first-order valence-corrected chi connectivity index (χ1v) is 3.47. The van der Waals surface area contributed by atoms with Crippen molar-refractivity contribution in [1.82, 2.24) is 0 Å². The second-order valence-electron chi connectivity index (χ2n) is 2.51. The normalized spacial score (nSPS) is 10.3. The van der Waals surface area contributed by atoms with E-state index in [1.165, 1.54) is 18.4 Å². The summed E-state index contributed by atoms with van der Waals surface area (Å²) in [6, 6.07) is 6.09. The molecule has 1 aromatic carbocycles. The van der Waals surface area contributed by atoms with Gasteiger partial charge in [-0.3, -0.25) is 0 Å². The van der Waals surface area contributed by atoms with E-state index in [4.69, 9.17) is 5.11 Å². The van der Waals surface area contributed by atoms with Crippen LogP contribution in [0.25, 0.3) is 10.8 Å². The fraction of sp³-hybridized carbons (Fsp3) is 0. The average molecular weight is 162 g/mol. The fourth-order valence-electron chi connectivity index (χ4n) is 1.08. The number of aromatic hydroxyl groups is 1. The van der Waals surface area contributed by atoms with Gasteiger partial charge < -0.3 is 9.52 Å². The third-order valence-electron chi connectivity index (χ3n) is 1.65. The van der Waals surface area contributed by atoms with Crippen LogP contribution in [0.2, 0.25) is 0 Å². The van der Waals surface area contributed by atoms with Crippen LogP contribution in [0.3, 0.4) is 0 Å². The molecule has 0 saturated heterocycles. The van der Waals surface area contributed by atoms with Crippen molar-refractivity contribution < 1.29 is 9.52 Å². The highest BCUT2D eigenvalue weighted by molar-refractivity contribution is 5.82. The Balaban J connectivity index is 2.89. The summed E-state index contributed by atoms with van der Waals surface area (Å²) in [5, 5.41) is 10.6. The maximum atomic E-state index is 10.7. The van der Waals surface area contributed by atoms with Crippen molar-refractivity contribution in [2.45, 2.75) is 0 Å². The largest absolute Gasteiger partial charge is 0.508 e. The molecule has 0 amide bonds. The third kappa shape index (κ3) is 1.05. The molecule has 0 aliphatic heterocycles. The first-order valence-electron chi connectivity index (χ1n) is 3.47. The number of fused-ring (bicyclic) bond motifs is 1. The number of benzene rings is 1. The van der Waals surface area contributed by atoms with Crippen molar-refractivity contribution in [3.05, 3.63) is 40.9 Å². The Morgan fingerprint density at radius 3 is 2.83 bits per heavy atom. The molecule has 2 aromatic rings. The van der Waals surface area contributed by atoms with Gasteiger partial charge in [-0.1, -0.05) is 0 Å². The second-order valence-corrected chi connectivity index (χ2v) is 2.51. The van der Waals surface area contributed by atoms with Crippen LogP contribution in [0, 0.1) is 0 Å². The zero-order valence-corrected chi connectivity index (χ0v) is 6.15. The monoisotopic (exact) mass is 162 g/mol. The number of hydrogen-bond acceptors (Lipinski definition) is 3. The Bertz CT molecular complexity index is 470. The Morgan fingerprint density at radius 1 is 1.17 bits per heavy atom. The topological polar surface area (TPSA) is 50.4 Å². The van der Waals surface area contributed by atoms with E-state index in [1.807, 2.05) is 0 Å². The summed E-state index contributed by atoms with van der Waals surface area (Å²) < 4.78 is 4.64. The predicted octanol–water partition coefficient (Wildman–Crippen LogP) is 1.50. The van der Waals surface area contributed by atoms with Gasteiger partial charge in [-0.05, 0) is 23.6 Å². The summed E-state index contributed by atoms with van der Waals surface area (Å²) >= 11 is 0. The molecule has 0 aliphatic carbocycles. The van der Waals surface area contributed by atoms with Gasteiger partial charge in [0, 0.05) is 11.5 Å². The van der Waals surface area contributed by atoms with Gasteiger partial charge in [-0.15, -0.1) is 0 Å². The molecular formula is C9H6O3. The van der Waals surface area contributed by atoms with Crippen LogP contribution in [-0.4, -0.2) is 5.11 Å². The van der Waals surface area contributed by atoms with Crippen molar-refractivity contribution in [3.8, 4) is 5.75 Å². The quantitative estimate of drug-likeness (QED) is 0.638. The van der Waals surface area contributed by atoms with Gasteiger partial charge in [-0.2, -0.15) is 0 Å². The highest BCUT2D eigenvalue weighted by Crippen LogP contribution is 2.17. The van der Waals surface area contributed by atoms with E-state index in [-0.39, 0.29) is 5.75 Å². The van der Waals surface area contributed by atoms with Crippen LogP contribution in [-0.2, 0) is 0 Å². The van der Waals surface area contributed by atoms with Crippen molar-refractivity contribution in [1.29, 1.82) is 0 Å². The highest BCUT2D eigenvalue weighted by atomic mass is 16.4. The van der Waals surface area contributed by atoms with Gasteiger partial charge in [-0.25, -0.2) is 4.79 Å². The standard InChI is InChI=1S/C9H6O3/c10-8-2-1-6-5-12-9(11)4-7(6)3-8/h1-5,10H. The zero-order chi connectivity index (χ0) is 8.55. The maximum absolute atomic E-state index is 10.7. The van der Waals surface area contributed by atoms with Crippen LogP contribution < -0.4 is 5.63 Å². The molecule has 3 heteroatoms. The van der Waals surface area contributed by atoms with Crippen LogP contribution in [0.15, 0.2) is 39.7 Å². The minimum atomic E-state index is -0.409. The first-order chi connectivity index (χ1) is 5.75. The molecule has 3 nitrogen and oxygen atoms in total. The molecule has 0 bridgehead atoms. The fourth-order valence-corrected chi connectivity index (χ4v) is 1.08. The average Bonchev–Trinajstić information content (AvgIpc) is 2.03. The van der Waals surface area contributed by atoms with Gasteiger partial charge in [0.05, 0.1) is 0 Å². The molecule has 0 saturated carbocycles. The summed E-state index contributed by atoms with van der Waals surface area (Å²) in [4.78, 5) is 10.7. The van der Waals surface area contributed by atoms with Crippen LogP contribution in [0.1, 0.15) is 0 Å². The molecule has 1 heterocycles. The lowest BCUT2D eigenvalue weighted by molar-refractivity contribution is 0.476. The molecule has 0 atom stereocenters. The van der Waals surface area contributed by atoms with Crippen molar-refractivity contribution in [2.75, 3.05) is 0 Å². The molecule has 60 valence electrons. The predicted molar refractivity (Wildman–Crippen MR) is 44.1 cm³/mol. The Labute approximate surface area is 67.9 Å². The highest BCUT2D eigenvalue weighted by Gasteiger charge is 1.95. The summed E-state index contributed by atoms with van der Waals surface area (Å²) in [5.74, 6) is 0.146. The van der Waals surface area contributed by atoms with Gasteiger partial charge >= 0.3 is 5.63 Å². The number of hydrogen-bond donors (Lipinski definition) is 1. The molecule has 1 N–H and O–H groups in total. The lowest BCUT2D eigenvalue weighted by Gasteiger charge is -1.95. The number of phenols is 1. The van der Waals surface area contributed by atoms with Gasteiger partial charge in [0.25, 0.3) is 0 Å². The van der Waals surface area contributed by atoms with Crippen molar-refractivity contribution in [2.24, 2.45) is 0 Å². The van der Waals surface area contributed by atoms with Crippen molar-refractivity contribution >= 4 is 10.8 Å². The maximum Gasteiger partial charge on any atom is 0.336 e. The van der Waals surface area contributed by atoms with Crippen molar-refractivity contribution in [3.63, 3.8) is 0 Å². The first kappa shape index (κ1) is 6.91. The van der Waals surface area contributed by atoms with Gasteiger partial charge in [0.2, 0.25) is 0 Å². The van der Waals surface area contributed by atoms with Gasteiger partial charge in [0.1, 0.15) is 12.0 Å².